The van der Waals surface area contributed by atoms with Gasteiger partial charge in [0.05, 0.1) is 0 Å². The number of hydrogen-bond acceptors (Lipinski definition) is 1. The van der Waals surface area contributed by atoms with E-state index in [0.717, 1.165) is 0 Å². The average Bonchev–Trinajstić information content (AvgIpc) is 1.67. The summed E-state index contributed by atoms with van der Waals surface area (Å²) in [4.78, 5) is 0. The predicted octanol–water partition coefficient (Wildman–Crippen LogP) is 1.59. The number of hydrogen-bond donors (Lipinski definition) is 1. The van der Waals surface area contributed by atoms with Crippen LogP contribution >= 0.6 is 10.2 Å². The molecule has 0 aliphatic rings. The van der Waals surface area contributed by atoms with E-state index in [1.54, 1.807) is 0 Å². The van der Waals surface area contributed by atoms with Crippen LogP contribution in [-0.4, -0.2) is 25.3 Å². The zero-order chi connectivity index (χ0) is 6.62. The Morgan fingerprint density at radius 2 is 1.88 bits per heavy atom. The van der Waals surface area contributed by atoms with Gasteiger partial charge < -0.3 is 0 Å². The fourth-order valence-corrected chi connectivity index (χ4v) is 1.84. The third-order valence-electron chi connectivity index (χ3n) is 1.27. The Kier molecular flexibility index (Phi) is 3.49. The van der Waals surface area contributed by atoms with Gasteiger partial charge in [-0.1, -0.05) is 6.92 Å². The van der Waals surface area contributed by atoms with Crippen LogP contribution in [0, 0.1) is 0 Å². The van der Waals surface area contributed by atoms with Crippen molar-refractivity contribution in [2.45, 2.75) is 13.3 Å². The molecule has 0 aliphatic carbocycles. The first-order valence-corrected chi connectivity index (χ1v) is 5.63. The van der Waals surface area contributed by atoms with E-state index in [4.69, 9.17) is 0 Å². The number of nitrogens with one attached hydrogen (secondary N) is 1. The van der Waals surface area contributed by atoms with Crippen molar-refractivity contribution in [1.29, 1.82) is 0 Å². The molecule has 8 heavy (non-hydrogen) atoms. The Labute approximate surface area is 54.3 Å². The molecule has 0 aromatic carbocycles. The molecule has 0 amide bonds. The van der Waals surface area contributed by atoms with Crippen molar-refractivity contribution in [2.24, 2.45) is 0 Å². The van der Waals surface area contributed by atoms with E-state index in [-0.39, 0.29) is 0 Å². The summed E-state index contributed by atoms with van der Waals surface area (Å²) in [6.07, 6.45) is 5.90. The van der Waals surface area contributed by atoms with Gasteiger partial charge in [0.15, 0.2) is 0 Å². The van der Waals surface area contributed by atoms with Crippen molar-refractivity contribution < 1.29 is 0 Å². The summed E-state index contributed by atoms with van der Waals surface area (Å²) in [5.41, 5.74) is 0. The van der Waals surface area contributed by atoms with Crippen LogP contribution < -0.4 is 4.72 Å². The van der Waals surface area contributed by atoms with Crippen molar-refractivity contribution in [3.05, 3.63) is 0 Å². The molecule has 0 aliphatic heterocycles. The SMILES string of the molecule is CCCS(C)(C)NC. The van der Waals surface area contributed by atoms with E-state index in [9.17, 15) is 0 Å². The van der Waals surface area contributed by atoms with E-state index in [2.05, 4.69) is 24.2 Å². The summed E-state index contributed by atoms with van der Waals surface area (Å²) < 4.78 is 3.33. The van der Waals surface area contributed by atoms with E-state index in [1.807, 2.05) is 7.05 Å². The maximum atomic E-state index is 3.33. The molecule has 0 unspecified atom stereocenters. The molecule has 0 saturated heterocycles. The predicted molar refractivity (Wildman–Crippen MR) is 43.7 cm³/mol. The Hall–Kier alpha value is 0.310. The molecule has 0 atom stereocenters. The lowest BCUT2D eigenvalue weighted by molar-refractivity contribution is 1.08. The molecule has 0 rings (SSSR count). The second-order valence-corrected chi connectivity index (χ2v) is 6.34. The van der Waals surface area contributed by atoms with Crippen LogP contribution in [-0.2, 0) is 0 Å². The van der Waals surface area contributed by atoms with Crippen LogP contribution in [0.1, 0.15) is 13.3 Å². The third kappa shape index (κ3) is 3.33. The molecule has 0 fully saturated rings. The standard InChI is InChI=1S/C6H17NS/c1-5-6-8(3,4)7-2/h7H,5-6H2,1-4H3. The summed E-state index contributed by atoms with van der Waals surface area (Å²) in [5.74, 6) is 1.34. The highest BCUT2D eigenvalue weighted by Gasteiger charge is 2.03. The summed E-state index contributed by atoms with van der Waals surface area (Å²) in [5, 5.41) is 0. The molecule has 2 heteroatoms. The highest BCUT2D eigenvalue weighted by Crippen LogP contribution is 2.33. The highest BCUT2D eigenvalue weighted by molar-refractivity contribution is 8.31. The molecular weight excluding hydrogens is 118 g/mol. The zero-order valence-electron chi connectivity index (χ0n) is 6.32. The second-order valence-electron chi connectivity index (χ2n) is 2.45. The molecule has 52 valence electrons. The van der Waals surface area contributed by atoms with Crippen LogP contribution in [0.5, 0.6) is 0 Å². The van der Waals surface area contributed by atoms with E-state index < -0.39 is 10.2 Å². The molecule has 0 aromatic heterocycles. The van der Waals surface area contributed by atoms with Gasteiger partial charge in [-0.05, 0) is 31.7 Å². The Morgan fingerprint density at radius 1 is 1.38 bits per heavy atom. The molecule has 1 N–H and O–H groups in total. The lowest BCUT2D eigenvalue weighted by atomic mass is 10.6. The average molecular weight is 135 g/mol. The quantitative estimate of drug-likeness (QED) is 0.620. The molecule has 0 spiro atoms. The van der Waals surface area contributed by atoms with Gasteiger partial charge in [-0.3, -0.25) is 4.72 Å². The fourth-order valence-electron chi connectivity index (χ4n) is 0.612. The van der Waals surface area contributed by atoms with Gasteiger partial charge in [-0.25, -0.2) is 0 Å². The first kappa shape index (κ1) is 8.31. The smallest absolute Gasteiger partial charge is 0.00715 e. The lowest BCUT2D eigenvalue weighted by Gasteiger charge is -2.29. The van der Waals surface area contributed by atoms with E-state index in [0.29, 0.717) is 0 Å². The van der Waals surface area contributed by atoms with Gasteiger partial charge in [0.25, 0.3) is 0 Å². The van der Waals surface area contributed by atoms with Gasteiger partial charge in [-0.2, -0.15) is 10.2 Å². The normalized spacial score (nSPS) is 14.0. The van der Waals surface area contributed by atoms with Crippen LogP contribution in [0.2, 0.25) is 0 Å². The van der Waals surface area contributed by atoms with Crippen molar-refractivity contribution in [1.82, 2.24) is 4.72 Å². The maximum Gasteiger partial charge on any atom is -0.00715 e. The second kappa shape index (κ2) is 3.36. The Morgan fingerprint density at radius 3 is 2.00 bits per heavy atom. The summed E-state index contributed by atoms with van der Waals surface area (Å²) in [6, 6.07) is 0. The van der Waals surface area contributed by atoms with Crippen molar-refractivity contribution in [3.63, 3.8) is 0 Å². The molecule has 0 bridgehead atoms. The van der Waals surface area contributed by atoms with Crippen molar-refractivity contribution >= 4 is 10.2 Å². The molecule has 1 nitrogen and oxygen atoms in total. The van der Waals surface area contributed by atoms with E-state index >= 15 is 0 Å². The van der Waals surface area contributed by atoms with Gasteiger partial charge in [0.1, 0.15) is 0 Å². The minimum atomic E-state index is -0.420. The van der Waals surface area contributed by atoms with Crippen molar-refractivity contribution in [2.75, 3.05) is 25.3 Å². The molecule has 0 heterocycles. The monoisotopic (exact) mass is 135 g/mol. The number of rotatable bonds is 3. The fraction of sp³-hybridized carbons (Fsp3) is 1.00. The van der Waals surface area contributed by atoms with Crippen LogP contribution in [0.4, 0.5) is 0 Å². The van der Waals surface area contributed by atoms with E-state index in [1.165, 1.54) is 12.2 Å². The topological polar surface area (TPSA) is 12.0 Å². The molecule has 0 saturated carbocycles. The maximum absolute atomic E-state index is 3.33. The van der Waals surface area contributed by atoms with Gasteiger partial charge >= 0.3 is 0 Å². The zero-order valence-corrected chi connectivity index (χ0v) is 7.14. The van der Waals surface area contributed by atoms with Crippen LogP contribution in [0.25, 0.3) is 0 Å². The molecular formula is C6H17NS. The largest absolute Gasteiger partial charge is 0.284 e. The van der Waals surface area contributed by atoms with Gasteiger partial charge in [-0.15, -0.1) is 0 Å². The first-order chi connectivity index (χ1) is 3.62. The van der Waals surface area contributed by atoms with Gasteiger partial charge in [0, 0.05) is 0 Å². The molecule has 0 aromatic rings. The third-order valence-corrected chi connectivity index (χ3v) is 3.80. The Balaban J connectivity index is 3.37. The Bertz CT molecular complexity index is 61.5. The summed E-state index contributed by atoms with van der Waals surface area (Å²) >= 11 is 0. The van der Waals surface area contributed by atoms with Crippen molar-refractivity contribution in [3.8, 4) is 0 Å². The lowest BCUT2D eigenvalue weighted by Crippen LogP contribution is -2.15. The summed E-state index contributed by atoms with van der Waals surface area (Å²) in [7, 11) is 1.63. The van der Waals surface area contributed by atoms with Gasteiger partial charge in [0.2, 0.25) is 0 Å². The summed E-state index contributed by atoms with van der Waals surface area (Å²) in [6.45, 7) is 2.23. The van der Waals surface area contributed by atoms with Crippen LogP contribution in [0.3, 0.4) is 0 Å². The molecule has 0 radical (unpaired) electrons. The first-order valence-electron chi connectivity index (χ1n) is 3.02. The minimum absolute atomic E-state index is 0.420. The minimum Gasteiger partial charge on any atom is -0.284 e. The van der Waals surface area contributed by atoms with Crippen LogP contribution in [0.15, 0.2) is 0 Å². The highest BCUT2D eigenvalue weighted by atomic mass is 32.3.